The van der Waals surface area contributed by atoms with Crippen molar-refractivity contribution >= 4 is 21.8 Å². The molecule has 0 aliphatic rings. The highest BCUT2D eigenvalue weighted by molar-refractivity contribution is 6.03. The van der Waals surface area contributed by atoms with Crippen LogP contribution in [0.5, 0.6) is 11.5 Å². The molecular formula is C18H15N3O3. The normalized spacial score (nSPS) is 11.1. The second-order valence-electron chi connectivity index (χ2n) is 5.38. The van der Waals surface area contributed by atoms with Gasteiger partial charge in [0.1, 0.15) is 11.5 Å². The molecule has 2 aromatic carbocycles. The van der Waals surface area contributed by atoms with Crippen LogP contribution in [-0.2, 0) is 0 Å². The molecule has 6 nitrogen and oxygen atoms in total. The molecule has 0 saturated heterocycles. The maximum Gasteiger partial charge on any atom is 0.280 e. The Bertz CT molecular complexity index is 1090. The third-order valence-corrected chi connectivity index (χ3v) is 4.06. The third kappa shape index (κ3) is 2.11. The van der Waals surface area contributed by atoms with Crippen LogP contribution in [0.25, 0.3) is 27.5 Å². The number of fused-ring (bicyclic) bond motifs is 3. The average molecular weight is 321 g/mol. The van der Waals surface area contributed by atoms with Crippen molar-refractivity contribution in [1.82, 2.24) is 14.8 Å². The fourth-order valence-corrected chi connectivity index (χ4v) is 2.78. The van der Waals surface area contributed by atoms with Crippen LogP contribution < -0.4 is 15.0 Å². The summed E-state index contributed by atoms with van der Waals surface area (Å²) in [6.07, 6.45) is 1.60. The minimum atomic E-state index is -0.146. The summed E-state index contributed by atoms with van der Waals surface area (Å²) in [6, 6.07) is 12.9. The molecule has 0 aliphatic heterocycles. The number of nitrogens with one attached hydrogen (secondary N) is 1. The highest BCUT2D eigenvalue weighted by Gasteiger charge is 2.12. The first-order valence-corrected chi connectivity index (χ1v) is 7.43. The second kappa shape index (κ2) is 5.42. The molecule has 0 bridgehead atoms. The summed E-state index contributed by atoms with van der Waals surface area (Å²) in [6.45, 7) is 0. The summed E-state index contributed by atoms with van der Waals surface area (Å²) in [5.41, 5.74) is 2.12. The van der Waals surface area contributed by atoms with Gasteiger partial charge < -0.3 is 9.47 Å². The molecule has 6 heteroatoms. The Morgan fingerprint density at radius 1 is 0.958 bits per heavy atom. The van der Waals surface area contributed by atoms with Gasteiger partial charge in [0.05, 0.1) is 36.3 Å². The van der Waals surface area contributed by atoms with E-state index in [9.17, 15) is 4.79 Å². The van der Waals surface area contributed by atoms with E-state index in [1.165, 1.54) is 4.68 Å². The lowest BCUT2D eigenvalue weighted by atomic mass is 10.1. The maximum absolute atomic E-state index is 12.7. The molecule has 120 valence electrons. The van der Waals surface area contributed by atoms with Gasteiger partial charge >= 0.3 is 0 Å². The van der Waals surface area contributed by atoms with E-state index in [0.29, 0.717) is 5.39 Å². The molecule has 0 aliphatic carbocycles. The molecule has 0 radical (unpaired) electrons. The largest absolute Gasteiger partial charge is 0.497 e. The molecule has 0 unspecified atom stereocenters. The van der Waals surface area contributed by atoms with Gasteiger partial charge in [-0.3, -0.25) is 14.9 Å². The number of pyridine rings is 1. The van der Waals surface area contributed by atoms with Gasteiger partial charge in [-0.25, -0.2) is 4.68 Å². The van der Waals surface area contributed by atoms with Crippen LogP contribution in [0, 0.1) is 0 Å². The Morgan fingerprint density at radius 3 is 2.38 bits per heavy atom. The molecule has 0 amide bonds. The van der Waals surface area contributed by atoms with Gasteiger partial charge in [0.15, 0.2) is 0 Å². The van der Waals surface area contributed by atoms with Crippen molar-refractivity contribution in [3.05, 3.63) is 59.0 Å². The van der Waals surface area contributed by atoms with E-state index in [0.717, 1.165) is 33.6 Å². The van der Waals surface area contributed by atoms with Crippen LogP contribution in [0.15, 0.2) is 53.5 Å². The molecule has 1 N–H and O–H groups in total. The molecule has 0 saturated carbocycles. The van der Waals surface area contributed by atoms with Crippen molar-refractivity contribution in [3.8, 4) is 17.2 Å². The topological polar surface area (TPSA) is 69.1 Å². The van der Waals surface area contributed by atoms with E-state index >= 15 is 0 Å². The second-order valence-corrected chi connectivity index (χ2v) is 5.38. The molecule has 2 heterocycles. The molecule has 0 fully saturated rings. The smallest absolute Gasteiger partial charge is 0.280 e. The van der Waals surface area contributed by atoms with Crippen molar-refractivity contribution in [2.45, 2.75) is 0 Å². The highest BCUT2D eigenvalue weighted by Crippen LogP contribution is 2.25. The Hall–Kier alpha value is -3.28. The summed E-state index contributed by atoms with van der Waals surface area (Å²) in [4.78, 5) is 17.1. The Labute approximate surface area is 137 Å². The lowest BCUT2D eigenvalue weighted by molar-refractivity contribution is 0.414. The third-order valence-electron chi connectivity index (χ3n) is 4.06. The number of rotatable bonds is 3. The van der Waals surface area contributed by atoms with Gasteiger partial charge in [-0.05, 0) is 42.5 Å². The van der Waals surface area contributed by atoms with Crippen LogP contribution >= 0.6 is 0 Å². The zero-order chi connectivity index (χ0) is 16.7. The highest BCUT2D eigenvalue weighted by atomic mass is 16.5. The van der Waals surface area contributed by atoms with Crippen LogP contribution in [0.4, 0.5) is 0 Å². The van der Waals surface area contributed by atoms with E-state index in [4.69, 9.17) is 9.47 Å². The quantitative estimate of drug-likeness (QED) is 0.630. The molecule has 24 heavy (non-hydrogen) atoms. The van der Waals surface area contributed by atoms with Gasteiger partial charge in [-0.1, -0.05) is 0 Å². The number of hydrogen-bond acceptors (Lipinski definition) is 4. The number of aromatic nitrogens is 3. The summed E-state index contributed by atoms with van der Waals surface area (Å²) >= 11 is 0. The van der Waals surface area contributed by atoms with Gasteiger partial charge in [0, 0.05) is 11.6 Å². The maximum atomic E-state index is 12.7. The van der Waals surface area contributed by atoms with Crippen molar-refractivity contribution in [2.24, 2.45) is 0 Å². The molecule has 4 rings (SSSR count). The number of ether oxygens (including phenoxy) is 2. The van der Waals surface area contributed by atoms with Crippen molar-refractivity contribution in [1.29, 1.82) is 0 Å². The number of nitrogens with zero attached hydrogens (tertiary/aromatic N) is 2. The fourth-order valence-electron chi connectivity index (χ4n) is 2.78. The Kier molecular flexibility index (Phi) is 3.23. The minimum Gasteiger partial charge on any atom is -0.497 e. The summed E-state index contributed by atoms with van der Waals surface area (Å²) in [7, 11) is 3.22. The lowest BCUT2D eigenvalue weighted by Crippen LogP contribution is -2.14. The molecule has 4 aromatic rings. The number of benzene rings is 2. The van der Waals surface area contributed by atoms with Crippen LogP contribution in [0.1, 0.15) is 0 Å². The minimum absolute atomic E-state index is 0.146. The first kappa shape index (κ1) is 14.3. The van der Waals surface area contributed by atoms with Crippen LogP contribution in [0.2, 0.25) is 0 Å². The fraction of sp³-hybridized carbons (Fsp3) is 0.111. The predicted molar refractivity (Wildman–Crippen MR) is 92.3 cm³/mol. The van der Waals surface area contributed by atoms with Crippen LogP contribution in [0.3, 0.4) is 0 Å². The van der Waals surface area contributed by atoms with Crippen molar-refractivity contribution < 1.29 is 9.47 Å². The first-order chi connectivity index (χ1) is 11.7. The zero-order valence-electron chi connectivity index (χ0n) is 13.2. The molecule has 0 atom stereocenters. The summed E-state index contributed by atoms with van der Waals surface area (Å²) < 4.78 is 11.9. The molecule has 0 spiro atoms. The van der Waals surface area contributed by atoms with Crippen molar-refractivity contribution in [3.63, 3.8) is 0 Å². The van der Waals surface area contributed by atoms with Gasteiger partial charge in [0.2, 0.25) is 0 Å². The van der Waals surface area contributed by atoms with Gasteiger partial charge in [0.25, 0.3) is 5.56 Å². The van der Waals surface area contributed by atoms with E-state index < -0.39 is 0 Å². The van der Waals surface area contributed by atoms with Crippen molar-refractivity contribution in [2.75, 3.05) is 14.2 Å². The van der Waals surface area contributed by atoms with E-state index in [-0.39, 0.29) is 5.56 Å². The Morgan fingerprint density at radius 2 is 1.67 bits per heavy atom. The predicted octanol–water partition coefficient (Wildman–Crippen LogP) is 2.88. The van der Waals surface area contributed by atoms with E-state index in [2.05, 4.69) is 10.1 Å². The number of aromatic amines is 1. The van der Waals surface area contributed by atoms with E-state index in [1.807, 2.05) is 42.5 Å². The lowest BCUT2D eigenvalue weighted by Gasteiger charge is -2.04. The van der Waals surface area contributed by atoms with Gasteiger partial charge in [-0.15, -0.1) is 0 Å². The molecular weight excluding hydrogens is 306 g/mol. The van der Waals surface area contributed by atoms with Crippen LogP contribution in [-0.4, -0.2) is 29.0 Å². The van der Waals surface area contributed by atoms with E-state index in [1.54, 1.807) is 20.4 Å². The van der Waals surface area contributed by atoms with Gasteiger partial charge in [-0.2, -0.15) is 0 Å². The average Bonchev–Trinajstić information content (AvgIpc) is 2.98. The number of H-pyrrole nitrogens is 1. The summed E-state index contributed by atoms with van der Waals surface area (Å²) in [5.74, 6) is 1.45. The first-order valence-electron chi connectivity index (χ1n) is 7.43. The monoisotopic (exact) mass is 321 g/mol. The summed E-state index contributed by atoms with van der Waals surface area (Å²) in [5, 5.41) is 4.56. The Balaban J connectivity index is 1.98. The number of hydrogen-bond donors (Lipinski definition) is 1. The molecule has 2 aromatic heterocycles. The zero-order valence-corrected chi connectivity index (χ0v) is 13.2. The SMILES string of the molecule is COc1ccc(-n2[nH]c3c(cnc4ccc(OC)cc43)c2=O)cc1. The standard InChI is InChI=1S/C18H15N3O3/c1-23-12-5-3-11(4-6-12)21-18(22)15-10-19-16-8-7-13(24-2)9-14(16)17(15)20-21/h3-10,20H,1-2H3. The number of methoxy groups -OCH3 is 2.